The van der Waals surface area contributed by atoms with Crippen LogP contribution in [0.2, 0.25) is 0 Å². The maximum atomic E-state index is 9.61. The zero-order valence-corrected chi connectivity index (χ0v) is 11.6. The van der Waals surface area contributed by atoms with Crippen LogP contribution >= 0.6 is 0 Å². The Hall–Kier alpha value is -0.0800. The lowest BCUT2D eigenvalue weighted by molar-refractivity contribution is 0.0293. The number of rotatable bonds is 2. The van der Waals surface area contributed by atoms with E-state index in [0.717, 1.165) is 47.3 Å². The molecule has 0 spiro atoms. The van der Waals surface area contributed by atoms with Crippen LogP contribution < -0.4 is 0 Å². The Morgan fingerprint density at radius 1 is 0.632 bits per heavy atom. The van der Waals surface area contributed by atoms with Crippen LogP contribution in [0.1, 0.15) is 32.1 Å². The third-order valence-electron chi connectivity index (χ3n) is 8.16. The van der Waals surface area contributed by atoms with E-state index in [-0.39, 0.29) is 0 Å². The highest BCUT2D eigenvalue weighted by atomic mass is 16.3. The Balaban J connectivity index is 1.46. The van der Waals surface area contributed by atoms with Gasteiger partial charge in [-0.05, 0) is 91.3 Å². The van der Waals surface area contributed by atoms with Gasteiger partial charge in [-0.15, -0.1) is 0 Å². The molecule has 0 heterocycles. The molecule has 7 unspecified atom stereocenters. The van der Waals surface area contributed by atoms with Crippen LogP contribution in [0.3, 0.4) is 0 Å². The van der Waals surface area contributed by atoms with Crippen molar-refractivity contribution in [2.45, 2.75) is 32.1 Å². The van der Waals surface area contributed by atoms with Gasteiger partial charge in [-0.25, -0.2) is 0 Å². The van der Waals surface area contributed by atoms with Gasteiger partial charge in [0.05, 0.1) is 0 Å². The molecule has 5 aliphatic rings. The quantitative estimate of drug-likeness (QED) is 0.749. The van der Waals surface area contributed by atoms with E-state index in [4.69, 9.17) is 0 Å². The van der Waals surface area contributed by atoms with Crippen molar-refractivity contribution >= 4 is 0 Å². The molecule has 0 radical (unpaired) electrons. The van der Waals surface area contributed by atoms with Gasteiger partial charge >= 0.3 is 0 Å². The lowest BCUT2D eigenvalue weighted by Gasteiger charge is -2.43. The second-order valence-corrected chi connectivity index (χ2v) is 8.40. The Bertz CT molecular complexity index is 395. The topological polar surface area (TPSA) is 40.5 Å². The van der Waals surface area contributed by atoms with Crippen molar-refractivity contribution < 1.29 is 10.2 Å². The highest BCUT2D eigenvalue weighted by Gasteiger charge is 2.68. The molecule has 5 aliphatic carbocycles. The Labute approximate surface area is 115 Å². The second kappa shape index (κ2) is 3.76. The van der Waals surface area contributed by atoms with Crippen LogP contribution in [-0.4, -0.2) is 23.4 Å². The van der Waals surface area contributed by atoms with Crippen LogP contribution in [0.15, 0.2) is 0 Å². The van der Waals surface area contributed by atoms with Gasteiger partial charge in [-0.2, -0.15) is 0 Å². The summed E-state index contributed by atoms with van der Waals surface area (Å²) in [7, 11) is 0. The van der Waals surface area contributed by atoms with Crippen molar-refractivity contribution in [3.8, 4) is 0 Å². The van der Waals surface area contributed by atoms with E-state index in [1.54, 1.807) is 0 Å². The Morgan fingerprint density at radius 2 is 1.37 bits per heavy atom. The predicted octanol–water partition coefficient (Wildman–Crippen LogP) is 2.15. The third-order valence-corrected chi connectivity index (χ3v) is 8.16. The summed E-state index contributed by atoms with van der Waals surface area (Å²) in [6, 6.07) is 0. The molecule has 10 atom stereocenters. The maximum Gasteiger partial charge on any atom is 0.0462 e. The van der Waals surface area contributed by atoms with Crippen LogP contribution in [0.4, 0.5) is 0 Å². The molecule has 5 saturated carbocycles. The first-order valence-corrected chi connectivity index (χ1v) is 8.53. The van der Waals surface area contributed by atoms with E-state index < -0.39 is 0 Å². The normalized spacial score (nSPS) is 64.7. The number of fused-ring (bicyclic) bond motifs is 12. The molecule has 2 N–H and O–H groups in total. The largest absolute Gasteiger partial charge is 0.396 e. The lowest BCUT2D eigenvalue weighted by Crippen LogP contribution is -2.39. The molecular formula is C17H26O2. The molecule has 106 valence electrons. The van der Waals surface area contributed by atoms with Crippen LogP contribution in [0, 0.1) is 59.2 Å². The van der Waals surface area contributed by atoms with E-state index in [0.29, 0.717) is 25.0 Å². The average molecular weight is 262 g/mol. The maximum absolute atomic E-state index is 9.61. The molecule has 2 heteroatoms. The summed E-state index contributed by atoms with van der Waals surface area (Å²) in [5.41, 5.74) is 0. The minimum absolute atomic E-state index is 0.424. The first-order valence-electron chi connectivity index (χ1n) is 8.53. The van der Waals surface area contributed by atoms with Crippen molar-refractivity contribution in [1.29, 1.82) is 0 Å². The fraction of sp³-hybridized carbons (Fsp3) is 1.00. The molecule has 0 saturated heterocycles. The second-order valence-electron chi connectivity index (χ2n) is 8.40. The molecule has 0 aromatic carbocycles. The minimum Gasteiger partial charge on any atom is -0.396 e. The first-order chi connectivity index (χ1) is 9.31. The standard InChI is InChI=1S/C17H26O2/c18-6-8-1-12-13(2-8)15-5-14(12)16-9-3-10(7-19)11(4-9)17(15)16/h8-19H,1-7H2/t8?,9-,10?,11-,12?,13?,14-,15?,16?,17?/m0/s1. The molecule has 5 fully saturated rings. The fourth-order valence-electron chi connectivity index (χ4n) is 7.93. The molecule has 19 heavy (non-hydrogen) atoms. The predicted molar refractivity (Wildman–Crippen MR) is 72.2 cm³/mol. The van der Waals surface area contributed by atoms with Gasteiger partial charge in [0.2, 0.25) is 0 Å². The highest BCUT2D eigenvalue weighted by molar-refractivity contribution is 5.16. The van der Waals surface area contributed by atoms with Gasteiger partial charge in [0.1, 0.15) is 0 Å². The Kier molecular flexibility index (Phi) is 2.29. The monoisotopic (exact) mass is 262 g/mol. The molecular weight excluding hydrogens is 236 g/mol. The summed E-state index contributed by atoms with van der Waals surface area (Å²) in [6.45, 7) is 0.864. The van der Waals surface area contributed by atoms with Gasteiger partial charge in [0, 0.05) is 13.2 Å². The van der Waals surface area contributed by atoms with Crippen molar-refractivity contribution in [2.75, 3.05) is 13.2 Å². The summed E-state index contributed by atoms with van der Waals surface area (Å²) in [5.74, 6) is 8.96. The van der Waals surface area contributed by atoms with E-state index in [9.17, 15) is 10.2 Å². The number of hydrogen-bond acceptors (Lipinski definition) is 2. The van der Waals surface area contributed by atoms with Gasteiger partial charge in [0.15, 0.2) is 0 Å². The summed E-state index contributed by atoms with van der Waals surface area (Å²) in [5, 5.41) is 19.1. The van der Waals surface area contributed by atoms with Crippen molar-refractivity contribution in [3.05, 3.63) is 0 Å². The molecule has 0 aromatic rings. The molecule has 0 amide bonds. The van der Waals surface area contributed by atoms with Gasteiger partial charge in [0.25, 0.3) is 0 Å². The van der Waals surface area contributed by atoms with E-state index in [1.165, 1.54) is 32.1 Å². The summed E-state index contributed by atoms with van der Waals surface area (Å²) < 4.78 is 0. The molecule has 0 aromatic heterocycles. The summed E-state index contributed by atoms with van der Waals surface area (Å²) in [4.78, 5) is 0. The summed E-state index contributed by atoms with van der Waals surface area (Å²) in [6.07, 6.45) is 6.91. The van der Waals surface area contributed by atoms with Gasteiger partial charge < -0.3 is 10.2 Å². The lowest BCUT2D eigenvalue weighted by atomic mass is 9.62. The van der Waals surface area contributed by atoms with Crippen molar-refractivity contribution in [1.82, 2.24) is 0 Å². The SMILES string of the molecule is OCC1CC2C3C[C@@H](C2C1)C1C3[C@H]2C[C@@H]1CC2CO. The van der Waals surface area contributed by atoms with E-state index >= 15 is 0 Å². The molecule has 0 aliphatic heterocycles. The van der Waals surface area contributed by atoms with Crippen LogP contribution in [-0.2, 0) is 0 Å². The summed E-state index contributed by atoms with van der Waals surface area (Å²) >= 11 is 0. The first kappa shape index (κ1) is 11.6. The van der Waals surface area contributed by atoms with E-state index in [2.05, 4.69) is 0 Å². The van der Waals surface area contributed by atoms with Gasteiger partial charge in [-0.3, -0.25) is 0 Å². The highest BCUT2D eigenvalue weighted by Crippen LogP contribution is 2.74. The number of hydrogen-bond donors (Lipinski definition) is 2. The molecule has 2 nitrogen and oxygen atoms in total. The number of aliphatic hydroxyl groups excluding tert-OH is 2. The fourth-order valence-corrected chi connectivity index (χ4v) is 7.93. The molecule has 4 bridgehead atoms. The molecule has 5 rings (SSSR count). The third kappa shape index (κ3) is 1.26. The number of aliphatic hydroxyl groups is 2. The zero-order valence-electron chi connectivity index (χ0n) is 11.6. The van der Waals surface area contributed by atoms with Gasteiger partial charge in [-0.1, -0.05) is 0 Å². The van der Waals surface area contributed by atoms with Crippen LogP contribution in [0.5, 0.6) is 0 Å². The Morgan fingerprint density at radius 3 is 2.05 bits per heavy atom. The van der Waals surface area contributed by atoms with E-state index in [1.807, 2.05) is 0 Å². The van der Waals surface area contributed by atoms with Crippen LogP contribution in [0.25, 0.3) is 0 Å². The zero-order chi connectivity index (χ0) is 12.7. The van der Waals surface area contributed by atoms with Crippen molar-refractivity contribution in [2.24, 2.45) is 59.2 Å². The average Bonchev–Trinajstić information content (AvgIpc) is 3.17. The van der Waals surface area contributed by atoms with Crippen molar-refractivity contribution in [3.63, 3.8) is 0 Å². The smallest absolute Gasteiger partial charge is 0.0462 e. The minimum atomic E-state index is 0.424.